The minimum atomic E-state index is 1.19. The molecule has 0 fully saturated rings. The van der Waals surface area contributed by atoms with Crippen molar-refractivity contribution in [2.75, 3.05) is 0 Å². The number of nitrogens with zero attached hydrogens (tertiary/aromatic N) is 1. The van der Waals surface area contributed by atoms with Crippen molar-refractivity contribution in [1.82, 2.24) is 4.57 Å². The first-order valence-corrected chi connectivity index (χ1v) is 10.4. The Balaban J connectivity index is 1.66. The van der Waals surface area contributed by atoms with Crippen molar-refractivity contribution in [3.63, 3.8) is 0 Å². The van der Waals surface area contributed by atoms with Crippen molar-refractivity contribution < 1.29 is 0 Å². The van der Waals surface area contributed by atoms with Crippen LogP contribution in [0.4, 0.5) is 0 Å². The van der Waals surface area contributed by atoms with Crippen LogP contribution in [-0.4, -0.2) is 4.57 Å². The zero-order valence-corrected chi connectivity index (χ0v) is 16.8. The van der Waals surface area contributed by atoms with E-state index in [2.05, 4.69) is 121 Å². The normalized spacial score (nSPS) is 11.5. The van der Waals surface area contributed by atoms with Crippen molar-refractivity contribution in [3.8, 4) is 16.8 Å². The fourth-order valence-corrected chi connectivity index (χ4v) is 4.61. The Labute approximate surface area is 175 Å². The van der Waals surface area contributed by atoms with Crippen LogP contribution < -0.4 is 0 Å². The number of hydrogen-bond acceptors (Lipinski definition) is 0. The van der Waals surface area contributed by atoms with E-state index in [1.165, 1.54) is 55.0 Å². The van der Waals surface area contributed by atoms with Gasteiger partial charge < -0.3 is 4.57 Å². The summed E-state index contributed by atoms with van der Waals surface area (Å²) in [7, 11) is 0. The highest BCUT2D eigenvalue weighted by molar-refractivity contribution is 6.21. The smallest absolute Gasteiger partial charge is 0.0547 e. The van der Waals surface area contributed by atoms with Crippen molar-refractivity contribution >= 4 is 32.6 Å². The fourth-order valence-electron chi connectivity index (χ4n) is 4.61. The maximum Gasteiger partial charge on any atom is 0.0547 e. The molecule has 0 aliphatic rings. The second kappa shape index (κ2) is 6.60. The molecule has 1 heterocycles. The van der Waals surface area contributed by atoms with E-state index in [9.17, 15) is 0 Å². The number of fused-ring (bicyclic) bond motifs is 5. The van der Waals surface area contributed by atoms with Crippen molar-refractivity contribution in [1.29, 1.82) is 0 Å². The minimum Gasteiger partial charge on any atom is -0.309 e. The summed E-state index contributed by atoms with van der Waals surface area (Å²) in [5, 5.41) is 5.22. The summed E-state index contributed by atoms with van der Waals surface area (Å²) >= 11 is 0. The highest BCUT2D eigenvalue weighted by atomic mass is 15.0. The Morgan fingerprint density at radius 3 is 2.10 bits per heavy atom. The molecule has 1 nitrogen and oxygen atoms in total. The van der Waals surface area contributed by atoms with Crippen LogP contribution in [0.5, 0.6) is 0 Å². The lowest BCUT2D eigenvalue weighted by Crippen LogP contribution is -1.94. The quantitative estimate of drug-likeness (QED) is 0.286. The van der Waals surface area contributed by atoms with E-state index in [0.29, 0.717) is 0 Å². The molecule has 0 spiro atoms. The van der Waals surface area contributed by atoms with Gasteiger partial charge in [-0.1, -0.05) is 84.9 Å². The van der Waals surface area contributed by atoms with E-state index in [-0.39, 0.29) is 0 Å². The average molecular weight is 383 g/mol. The molecule has 30 heavy (non-hydrogen) atoms. The number of rotatable bonds is 2. The molecule has 0 aliphatic heterocycles. The first-order valence-electron chi connectivity index (χ1n) is 10.4. The number of hydrogen-bond donors (Lipinski definition) is 0. The van der Waals surface area contributed by atoms with Gasteiger partial charge in [0, 0.05) is 16.5 Å². The molecule has 1 aromatic heterocycles. The zero-order valence-electron chi connectivity index (χ0n) is 16.8. The van der Waals surface area contributed by atoms with E-state index < -0.39 is 0 Å². The first-order chi connectivity index (χ1) is 14.8. The molecule has 142 valence electrons. The second-order valence-electron chi connectivity index (χ2n) is 7.95. The molecular weight excluding hydrogens is 362 g/mol. The lowest BCUT2D eigenvalue weighted by Gasteiger charge is -2.10. The van der Waals surface area contributed by atoms with Crippen LogP contribution in [0.2, 0.25) is 0 Å². The Bertz CT molecular complexity index is 1520. The predicted molar refractivity (Wildman–Crippen MR) is 128 cm³/mol. The maximum atomic E-state index is 2.40. The molecule has 0 aliphatic carbocycles. The van der Waals surface area contributed by atoms with E-state index in [1.807, 2.05) is 0 Å². The van der Waals surface area contributed by atoms with Gasteiger partial charge in [0.05, 0.1) is 11.0 Å². The molecule has 0 radical (unpaired) electrons. The summed E-state index contributed by atoms with van der Waals surface area (Å²) in [6, 6.07) is 39.4. The van der Waals surface area contributed by atoms with Crippen LogP contribution in [0.15, 0.2) is 109 Å². The summed E-state index contributed by atoms with van der Waals surface area (Å²) in [6.45, 7) is 2.16. The van der Waals surface area contributed by atoms with Crippen LogP contribution in [0, 0.1) is 6.92 Å². The van der Waals surface area contributed by atoms with Gasteiger partial charge in [-0.05, 0) is 58.7 Å². The Kier molecular flexibility index (Phi) is 3.75. The number of benzene rings is 5. The van der Waals surface area contributed by atoms with Crippen LogP contribution in [0.25, 0.3) is 49.4 Å². The molecule has 0 saturated carbocycles. The van der Waals surface area contributed by atoms with Gasteiger partial charge in [-0.3, -0.25) is 0 Å². The summed E-state index contributed by atoms with van der Waals surface area (Å²) in [5.41, 5.74) is 7.46. The summed E-state index contributed by atoms with van der Waals surface area (Å²) in [6.07, 6.45) is 0. The Hall–Kier alpha value is -3.84. The predicted octanol–water partition coefficient (Wildman–Crippen LogP) is 7.91. The summed E-state index contributed by atoms with van der Waals surface area (Å²) < 4.78 is 2.40. The van der Waals surface area contributed by atoms with Gasteiger partial charge in [0.2, 0.25) is 0 Å². The highest BCUT2D eigenvalue weighted by Crippen LogP contribution is 2.37. The van der Waals surface area contributed by atoms with Gasteiger partial charge in [0.25, 0.3) is 0 Å². The minimum absolute atomic E-state index is 1.19. The van der Waals surface area contributed by atoms with Gasteiger partial charge in [-0.2, -0.15) is 0 Å². The van der Waals surface area contributed by atoms with Crippen molar-refractivity contribution in [2.24, 2.45) is 0 Å². The number of aryl methyl sites for hydroxylation is 1. The van der Waals surface area contributed by atoms with Crippen LogP contribution in [0.1, 0.15) is 5.56 Å². The molecule has 1 heteroatoms. The van der Waals surface area contributed by atoms with Gasteiger partial charge in [-0.25, -0.2) is 0 Å². The molecule has 5 aromatic carbocycles. The fraction of sp³-hybridized carbons (Fsp3) is 0.0345. The van der Waals surface area contributed by atoms with Gasteiger partial charge >= 0.3 is 0 Å². The molecule has 0 unspecified atom stereocenters. The third-order valence-electron chi connectivity index (χ3n) is 6.04. The third-order valence-corrected chi connectivity index (χ3v) is 6.04. The van der Waals surface area contributed by atoms with E-state index in [1.54, 1.807) is 0 Å². The lowest BCUT2D eigenvalue weighted by atomic mass is 10.0. The van der Waals surface area contributed by atoms with Crippen molar-refractivity contribution in [2.45, 2.75) is 6.92 Å². The van der Waals surface area contributed by atoms with Gasteiger partial charge in [0.1, 0.15) is 0 Å². The first kappa shape index (κ1) is 17.1. The molecule has 0 atom stereocenters. The highest BCUT2D eigenvalue weighted by Gasteiger charge is 2.14. The summed E-state index contributed by atoms with van der Waals surface area (Å²) in [5.74, 6) is 0. The third kappa shape index (κ3) is 2.56. The maximum absolute atomic E-state index is 2.40. The monoisotopic (exact) mass is 383 g/mol. The number of aromatic nitrogens is 1. The Morgan fingerprint density at radius 1 is 0.533 bits per heavy atom. The molecule has 6 aromatic rings. The van der Waals surface area contributed by atoms with Crippen LogP contribution >= 0.6 is 0 Å². The molecule has 0 bridgehead atoms. The average Bonchev–Trinajstić information content (AvgIpc) is 3.13. The van der Waals surface area contributed by atoms with Crippen molar-refractivity contribution in [3.05, 3.63) is 115 Å². The Morgan fingerprint density at radius 2 is 1.27 bits per heavy atom. The molecule has 0 N–H and O–H groups in total. The zero-order chi connectivity index (χ0) is 20.1. The van der Waals surface area contributed by atoms with E-state index in [0.717, 1.165) is 0 Å². The lowest BCUT2D eigenvalue weighted by molar-refractivity contribution is 1.18. The van der Waals surface area contributed by atoms with E-state index >= 15 is 0 Å². The largest absolute Gasteiger partial charge is 0.309 e. The summed E-state index contributed by atoms with van der Waals surface area (Å²) in [4.78, 5) is 0. The van der Waals surface area contributed by atoms with Crippen LogP contribution in [0.3, 0.4) is 0 Å². The topological polar surface area (TPSA) is 4.93 Å². The molecule has 0 saturated heterocycles. The van der Waals surface area contributed by atoms with Gasteiger partial charge in [-0.15, -0.1) is 0 Å². The molecular formula is C29H21N. The second-order valence-corrected chi connectivity index (χ2v) is 7.95. The van der Waals surface area contributed by atoms with E-state index in [4.69, 9.17) is 0 Å². The molecule has 6 rings (SSSR count). The van der Waals surface area contributed by atoms with Gasteiger partial charge in [0.15, 0.2) is 0 Å². The molecule has 0 amide bonds. The standard InChI is InChI=1S/C29H21N/c1-20-11-17-26-28(19-20)30(27-18-14-23-9-5-6-10-25(23)29(26)27)24-15-12-22(13-16-24)21-7-3-2-4-8-21/h2-19H,1H3. The van der Waals surface area contributed by atoms with Crippen LogP contribution in [-0.2, 0) is 0 Å². The SMILES string of the molecule is Cc1ccc2c3c4ccccc4ccc3n(-c3ccc(-c4ccccc4)cc3)c2c1.